The third-order valence-corrected chi connectivity index (χ3v) is 7.11. The first-order valence-electron chi connectivity index (χ1n) is 10.9. The first kappa shape index (κ1) is 19.3. The molecule has 1 aliphatic rings. The Morgan fingerprint density at radius 1 is 0.438 bits per heavy atom. The van der Waals surface area contributed by atoms with E-state index in [2.05, 4.69) is 143 Å². The summed E-state index contributed by atoms with van der Waals surface area (Å²) in [6, 6.07) is 46.2. The maximum atomic E-state index is 3.74. The van der Waals surface area contributed by atoms with E-state index < -0.39 is 0 Å². The quantitative estimate of drug-likeness (QED) is 0.242. The van der Waals surface area contributed by atoms with E-state index in [0.29, 0.717) is 0 Å². The normalized spacial score (nSPS) is 13.4. The zero-order chi connectivity index (χ0) is 21.5. The third kappa shape index (κ3) is 2.82. The predicted molar refractivity (Wildman–Crippen MR) is 137 cm³/mol. The first-order valence-corrected chi connectivity index (χ1v) is 11.7. The second kappa shape index (κ2) is 7.62. The van der Waals surface area contributed by atoms with Crippen LogP contribution in [-0.4, -0.2) is 0 Å². The molecule has 152 valence electrons. The molecule has 0 nitrogen and oxygen atoms in total. The number of benzene rings is 5. The summed E-state index contributed by atoms with van der Waals surface area (Å²) in [7, 11) is 0. The molecule has 0 bridgehead atoms. The minimum absolute atomic E-state index is 0.373. The molecule has 5 aromatic carbocycles. The molecule has 0 heterocycles. The van der Waals surface area contributed by atoms with Crippen LogP contribution >= 0.6 is 15.9 Å². The van der Waals surface area contributed by atoms with E-state index in [0.717, 1.165) is 4.47 Å². The number of fused-ring (bicyclic) bond motifs is 3. The summed E-state index contributed by atoms with van der Waals surface area (Å²) in [6.07, 6.45) is 0. The molecule has 0 aliphatic heterocycles. The molecular weight excluding hydrogens is 452 g/mol. The molecule has 0 atom stereocenters. The van der Waals surface area contributed by atoms with Crippen molar-refractivity contribution in [3.63, 3.8) is 0 Å². The Balaban J connectivity index is 1.73. The van der Waals surface area contributed by atoms with Crippen LogP contribution in [0.1, 0.15) is 22.3 Å². The van der Waals surface area contributed by atoms with Crippen LogP contribution in [-0.2, 0) is 5.41 Å². The Labute approximate surface area is 197 Å². The Hall–Kier alpha value is -3.42. The van der Waals surface area contributed by atoms with Crippen LogP contribution in [0.2, 0.25) is 0 Å². The standard InChI is InChI=1S/C31H21Br/c32-26-15-9-14-25(21-26)31(24-13-8-12-23(20-24)22-10-2-1-3-11-22)29-18-6-4-16-27(29)28-17-5-7-19-30(28)31/h1-21H. The van der Waals surface area contributed by atoms with E-state index >= 15 is 0 Å². The highest BCUT2D eigenvalue weighted by Gasteiger charge is 2.45. The second-order valence-electron chi connectivity index (χ2n) is 8.30. The molecule has 0 fully saturated rings. The minimum atomic E-state index is -0.373. The Morgan fingerprint density at radius 2 is 0.969 bits per heavy atom. The smallest absolute Gasteiger partial charge is 0.0622 e. The molecule has 0 unspecified atom stereocenters. The van der Waals surface area contributed by atoms with Gasteiger partial charge in [0, 0.05) is 4.47 Å². The van der Waals surface area contributed by atoms with Crippen LogP contribution in [0.15, 0.2) is 132 Å². The summed E-state index contributed by atoms with van der Waals surface area (Å²) >= 11 is 3.74. The molecule has 32 heavy (non-hydrogen) atoms. The highest BCUT2D eigenvalue weighted by atomic mass is 79.9. The molecule has 0 N–H and O–H groups in total. The Bertz CT molecular complexity index is 1390. The van der Waals surface area contributed by atoms with Gasteiger partial charge >= 0.3 is 0 Å². The molecule has 6 rings (SSSR count). The van der Waals surface area contributed by atoms with Crippen molar-refractivity contribution in [2.24, 2.45) is 0 Å². The lowest BCUT2D eigenvalue weighted by Crippen LogP contribution is -2.28. The average molecular weight is 473 g/mol. The summed E-state index contributed by atoms with van der Waals surface area (Å²) < 4.78 is 1.09. The lowest BCUT2D eigenvalue weighted by Gasteiger charge is -2.34. The second-order valence-corrected chi connectivity index (χ2v) is 9.21. The van der Waals surface area contributed by atoms with Crippen molar-refractivity contribution in [1.29, 1.82) is 0 Å². The number of hydrogen-bond donors (Lipinski definition) is 0. The van der Waals surface area contributed by atoms with Crippen LogP contribution in [0.5, 0.6) is 0 Å². The highest BCUT2D eigenvalue weighted by molar-refractivity contribution is 9.10. The molecule has 0 saturated heterocycles. The van der Waals surface area contributed by atoms with Crippen molar-refractivity contribution >= 4 is 15.9 Å². The van der Waals surface area contributed by atoms with E-state index in [-0.39, 0.29) is 5.41 Å². The fourth-order valence-corrected chi connectivity index (χ4v) is 5.71. The van der Waals surface area contributed by atoms with Crippen molar-refractivity contribution in [3.05, 3.63) is 154 Å². The van der Waals surface area contributed by atoms with Gasteiger partial charge < -0.3 is 0 Å². The molecule has 0 amide bonds. The predicted octanol–water partition coefficient (Wildman–Crippen LogP) is 8.48. The van der Waals surface area contributed by atoms with Crippen molar-refractivity contribution in [3.8, 4) is 22.3 Å². The van der Waals surface area contributed by atoms with E-state index in [1.165, 1.54) is 44.5 Å². The zero-order valence-electron chi connectivity index (χ0n) is 17.5. The number of hydrogen-bond acceptors (Lipinski definition) is 0. The zero-order valence-corrected chi connectivity index (χ0v) is 19.1. The SMILES string of the molecule is Brc1cccc(C2(c3cccc(-c4ccccc4)c3)c3ccccc3-c3ccccc32)c1. The third-order valence-electron chi connectivity index (χ3n) is 6.61. The fraction of sp³-hybridized carbons (Fsp3) is 0.0323. The van der Waals surface area contributed by atoms with Gasteiger partial charge in [0.05, 0.1) is 5.41 Å². The fourth-order valence-electron chi connectivity index (χ4n) is 5.31. The summed E-state index contributed by atoms with van der Waals surface area (Å²) in [4.78, 5) is 0. The summed E-state index contributed by atoms with van der Waals surface area (Å²) in [5, 5.41) is 0. The van der Waals surface area contributed by atoms with Gasteiger partial charge in [0.1, 0.15) is 0 Å². The van der Waals surface area contributed by atoms with Gasteiger partial charge in [-0.2, -0.15) is 0 Å². The van der Waals surface area contributed by atoms with Gasteiger partial charge in [-0.3, -0.25) is 0 Å². The summed E-state index contributed by atoms with van der Waals surface area (Å²) in [5.41, 5.74) is 9.96. The van der Waals surface area contributed by atoms with Crippen LogP contribution < -0.4 is 0 Å². The van der Waals surface area contributed by atoms with Gasteiger partial charge in [-0.25, -0.2) is 0 Å². The maximum absolute atomic E-state index is 3.74. The van der Waals surface area contributed by atoms with Gasteiger partial charge in [-0.05, 0) is 62.7 Å². The van der Waals surface area contributed by atoms with Crippen molar-refractivity contribution in [2.45, 2.75) is 5.41 Å². The molecule has 0 radical (unpaired) electrons. The van der Waals surface area contributed by atoms with E-state index in [9.17, 15) is 0 Å². The van der Waals surface area contributed by atoms with E-state index in [4.69, 9.17) is 0 Å². The Kier molecular flexibility index (Phi) is 4.59. The summed E-state index contributed by atoms with van der Waals surface area (Å²) in [6.45, 7) is 0. The molecule has 0 aromatic heterocycles. The van der Waals surface area contributed by atoms with Crippen molar-refractivity contribution < 1.29 is 0 Å². The van der Waals surface area contributed by atoms with Crippen molar-refractivity contribution in [2.75, 3.05) is 0 Å². The van der Waals surface area contributed by atoms with E-state index in [1.54, 1.807) is 0 Å². The molecule has 1 aliphatic carbocycles. The summed E-state index contributed by atoms with van der Waals surface area (Å²) in [5.74, 6) is 0. The van der Waals surface area contributed by atoms with Gasteiger partial charge in [-0.1, -0.05) is 125 Å². The van der Waals surface area contributed by atoms with E-state index in [1.807, 2.05) is 0 Å². The first-order chi connectivity index (χ1) is 15.8. The van der Waals surface area contributed by atoms with Gasteiger partial charge in [0.15, 0.2) is 0 Å². The average Bonchev–Trinajstić information content (AvgIpc) is 3.16. The molecule has 0 saturated carbocycles. The number of halogens is 1. The van der Waals surface area contributed by atoms with Crippen molar-refractivity contribution in [1.82, 2.24) is 0 Å². The number of rotatable bonds is 3. The van der Waals surface area contributed by atoms with Crippen LogP contribution in [0.25, 0.3) is 22.3 Å². The lowest BCUT2D eigenvalue weighted by molar-refractivity contribution is 0.768. The highest BCUT2D eigenvalue weighted by Crippen LogP contribution is 2.56. The lowest BCUT2D eigenvalue weighted by atomic mass is 9.67. The minimum Gasteiger partial charge on any atom is -0.0622 e. The maximum Gasteiger partial charge on any atom is 0.0714 e. The molecular formula is C31H21Br. The topological polar surface area (TPSA) is 0 Å². The van der Waals surface area contributed by atoms with Crippen LogP contribution in [0.3, 0.4) is 0 Å². The van der Waals surface area contributed by atoms with Gasteiger partial charge in [-0.15, -0.1) is 0 Å². The largest absolute Gasteiger partial charge is 0.0714 e. The Morgan fingerprint density at radius 3 is 1.62 bits per heavy atom. The monoisotopic (exact) mass is 472 g/mol. The molecule has 0 spiro atoms. The van der Waals surface area contributed by atoms with Gasteiger partial charge in [0.25, 0.3) is 0 Å². The van der Waals surface area contributed by atoms with Crippen LogP contribution in [0, 0.1) is 0 Å². The molecule has 5 aromatic rings. The molecule has 1 heteroatoms. The van der Waals surface area contributed by atoms with Gasteiger partial charge in [0.2, 0.25) is 0 Å². The van der Waals surface area contributed by atoms with Crippen LogP contribution in [0.4, 0.5) is 0 Å².